The Balaban J connectivity index is 1.79. The van der Waals surface area contributed by atoms with Gasteiger partial charge in [-0.15, -0.1) is 10.2 Å². The van der Waals surface area contributed by atoms with Gasteiger partial charge in [-0.2, -0.15) is 0 Å². The molecule has 1 aromatic heterocycles. The molecule has 4 rings (SSSR count). The van der Waals surface area contributed by atoms with Crippen LogP contribution in [-0.2, 0) is 6.54 Å². The summed E-state index contributed by atoms with van der Waals surface area (Å²) < 4.78 is 5.35. The summed E-state index contributed by atoms with van der Waals surface area (Å²) in [6, 6.07) is 22.8. The van der Waals surface area contributed by atoms with E-state index in [-0.39, 0.29) is 0 Å². The van der Waals surface area contributed by atoms with Crippen molar-refractivity contribution in [1.82, 2.24) is 10.2 Å². The highest BCUT2D eigenvalue weighted by Crippen LogP contribution is 2.34. The molecule has 0 aliphatic heterocycles. The van der Waals surface area contributed by atoms with Crippen molar-refractivity contribution in [3.63, 3.8) is 0 Å². The van der Waals surface area contributed by atoms with Gasteiger partial charge in [0, 0.05) is 29.9 Å². The Morgan fingerprint density at radius 2 is 1.52 bits per heavy atom. The molecule has 0 saturated heterocycles. The van der Waals surface area contributed by atoms with Gasteiger partial charge in [0.15, 0.2) is 5.82 Å². The summed E-state index contributed by atoms with van der Waals surface area (Å²) in [5, 5.41) is 11.5. The van der Waals surface area contributed by atoms with Crippen molar-refractivity contribution in [3.05, 3.63) is 83.4 Å². The minimum atomic E-state index is 0.721. The van der Waals surface area contributed by atoms with Crippen LogP contribution in [0.3, 0.4) is 0 Å². The molecule has 4 nitrogen and oxygen atoms in total. The number of aromatic nitrogens is 2. The summed E-state index contributed by atoms with van der Waals surface area (Å²) in [5.41, 5.74) is 5.69. The molecule has 4 heteroatoms. The first-order valence-corrected chi connectivity index (χ1v) is 9.74. The van der Waals surface area contributed by atoms with Gasteiger partial charge in [0.05, 0.1) is 7.11 Å². The lowest BCUT2D eigenvalue weighted by molar-refractivity contribution is 0.414. The number of hydrogen-bond acceptors (Lipinski definition) is 4. The number of hydrogen-bond donors (Lipinski definition) is 0. The lowest BCUT2D eigenvalue weighted by Gasteiger charge is -2.21. The van der Waals surface area contributed by atoms with E-state index in [0.717, 1.165) is 45.7 Å². The summed E-state index contributed by atoms with van der Waals surface area (Å²) >= 11 is 0. The number of ether oxygens (including phenoxy) is 1. The Bertz CT molecular complexity index is 1150. The number of anilines is 1. The lowest BCUT2D eigenvalue weighted by Crippen LogP contribution is -2.19. The van der Waals surface area contributed by atoms with Crippen LogP contribution >= 0.6 is 0 Å². The molecule has 3 aromatic carbocycles. The molecule has 1 heterocycles. The fourth-order valence-corrected chi connectivity index (χ4v) is 3.86. The summed E-state index contributed by atoms with van der Waals surface area (Å²) in [4.78, 5) is 2.14. The first-order chi connectivity index (χ1) is 14.1. The molecule has 0 radical (unpaired) electrons. The molecule has 0 unspecified atom stereocenters. The third kappa shape index (κ3) is 3.66. The molecule has 0 aliphatic rings. The van der Waals surface area contributed by atoms with Crippen molar-refractivity contribution >= 4 is 16.6 Å². The van der Waals surface area contributed by atoms with E-state index in [0.29, 0.717) is 0 Å². The zero-order valence-corrected chi connectivity index (χ0v) is 17.3. The van der Waals surface area contributed by atoms with Gasteiger partial charge in [0.1, 0.15) is 11.4 Å². The van der Waals surface area contributed by atoms with E-state index >= 15 is 0 Å². The third-order valence-corrected chi connectivity index (χ3v) is 5.30. The van der Waals surface area contributed by atoms with Crippen molar-refractivity contribution in [2.45, 2.75) is 20.4 Å². The minimum absolute atomic E-state index is 0.721. The van der Waals surface area contributed by atoms with Crippen molar-refractivity contribution in [2.75, 3.05) is 19.1 Å². The van der Waals surface area contributed by atoms with Crippen LogP contribution in [0.2, 0.25) is 0 Å². The second kappa shape index (κ2) is 7.92. The fraction of sp³-hybridized carbons (Fsp3) is 0.200. The fourth-order valence-electron chi connectivity index (χ4n) is 3.86. The van der Waals surface area contributed by atoms with E-state index in [2.05, 4.69) is 90.6 Å². The van der Waals surface area contributed by atoms with Gasteiger partial charge in [-0.1, -0.05) is 54.6 Å². The molecule has 0 amide bonds. The Kier molecular flexibility index (Phi) is 5.17. The first kappa shape index (κ1) is 18.9. The number of aryl methyl sites for hydroxylation is 2. The monoisotopic (exact) mass is 383 g/mol. The van der Waals surface area contributed by atoms with Crippen LogP contribution in [0.15, 0.2) is 66.7 Å². The molecular formula is C25H25N3O. The Morgan fingerprint density at radius 3 is 2.24 bits per heavy atom. The van der Waals surface area contributed by atoms with Crippen LogP contribution in [0.25, 0.3) is 22.0 Å². The predicted octanol–water partition coefficient (Wildman–Crippen LogP) is 5.56. The molecule has 4 aromatic rings. The molecule has 0 atom stereocenters. The average Bonchev–Trinajstić information content (AvgIpc) is 2.73. The SMILES string of the molecule is COc1cccc(CN(C)c2nnc(-c3c(C)cccc3C)c3ccccc23)c1. The van der Waals surface area contributed by atoms with Crippen molar-refractivity contribution in [2.24, 2.45) is 0 Å². The van der Waals surface area contributed by atoms with Crippen molar-refractivity contribution < 1.29 is 4.74 Å². The number of fused-ring (bicyclic) bond motifs is 1. The predicted molar refractivity (Wildman–Crippen MR) is 120 cm³/mol. The molecule has 0 aliphatic carbocycles. The number of methoxy groups -OCH3 is 1. The second-order valence-corrected chi connectivity index (χ2v) is 7.39. The maximum Gasteiger partial charge on any atom is 0.159 e. The molecule has 29 heavy (non-hydrogen) atoms. The Morgan fingerprint density at radius 1 is 0.828 bits per heavy atom. The number of rotatable bonds is 5. The molecule has 0 N–H and O–H groups in total. The highest BCUT2D eigenvalue weighted by molar-refractivity contribution is 6.01. The van der Waals surface area contributed by atoms with Crippen LogP contribution in [0.1, 0.15) is 16.7 Å². The minimum Gasteiger partial charge on any atom is -0.497 e. The zero-order chi connectivity index (χ0) is 20.4. The van der Waals surface area contributed by atoms with E-state index in [1.807, 2.05) is 12.1 Å². The zero-order valence-electron chi connectivity index (χ0n) is 17.3. The van der Waals surface area contributed by atoms with Crippen molar-refractivity contribution in [3.8, 4) is 17.0 Å². The quantitative estimate of drug-likeness (QED) is 0.452. The molecule has 0 spiro atoms. The molecule has 0 fully saturated rings. The third-order valence-electron chi connectivity index (χ3n) is 5.30. The van der Waals surface area contributed by atoms with E-state index < -0.39 is 0 Å². The van der Waals surface area contributed by atoms with Gasteiger partial charge in [-0.05, 0) is 42.7 Å². The second-order valence-electron chi connectivity index (χ2n) is 7.39. The molecular weight excluding hydrogens is 358 g/mol. The summed E-state index contributed by atoms with van der Waals surface area (Å²) in [6.45, 7) is 4.97. The summed E-state index contributed by atoms with van der Waals surface area (Å²) in [5.74, 6) is 1.73. The summed E-state index contributed by atoms with van der Waals surface area (Å²) in [6.07, 6.45) is 0. The smallest absolute Gasteiger partial charge is 0.159 e. The number of benzene rings is 3. The highest BCUT2D eigenvalue weighted by Gasteiger charge is 2.16. The van der Waals surface area contributed by atoms with Gasteiger partial charge < -0.3 is 9.64 Å². The Labute approximate surface area is 171 Å². The molecule has 146 valence electrons. The summed E-state index contributed by atoms with van der Waals surface area (Å²) in [7, 11) is 3.74. The number of nitrogens with zero attached hydrogens (tertiary/aromatic N) is 3. The van der Waals surface area contributed by atoms with Crippen molar-refractivity contribution in [1.29, 1.82) is 0 Å². The van der Waals surface area contributed by atoms with E-state index in [1.54, 1.807) is 7.11 Å². The van der Waals surface area contributed by atoms with Crippen LogP contribution in [0.4, 0.5) is 5.82 Å². The maximum atomic E-state index is 5.35. The largest absolute Gasteiger partial charge is 0.497 e. The molecule has 0 saturated carbocycles. The van der Waals surface area contributed by atoms with Gasteiger partial charge in [-0.25, -0.2) is 0 Å². The topological polar surface area (TPSA) is 38.2 Å². The van der Waals surface area contributed by atoms with Crippen LogP contribution < -0.4 is 9.64 Å². The van der Waals surface area contributed by atoms with E-state index in [4.69, 9.17) is 4.74 Å². The Hall–Kier alpha value is -3.40. The van der Waals surface area contributed by atoms with E-state index in [9.17, 15) is 0 Å². The van der Waals surface area contributed by atoms with Gasteiger partial charge in [0.25, 0.3) is 0 Å². The highest BCUT2D eigenvalue weighted by atomic mass is 16.5. The average molecular weight is 383 g/mol. The van der Waals surface area contributed by atoms with Gasteiger partial charge >= 0.3 is 0 Å². The van der Waals surface area contributed by atoms with Gasteiger partial charge in [0.2, 0.25) is 0 Å². The molecule has 0 bridgehead atoms. The van der Waals surface area contributed by atoms with E-state index in [1.165, 1.54) is 11.1 Å². The first-order valence-electron chi connectivity index (χ1n) is 9.74. The van der Waals surface area contributed by atoms with Crippen LogP contribution in [0.5, 0.6) is 5.75 Å². The standard InChI is InChI=1S/C25H25N3O/c1-17-9-7-10-18(2)23(17)24-21-13-5-6-14-22(21)25(27-26-24)28(3)16-19-11-8-12-20(15-19)29-4/h5-15H,16H2,1-4H3. The normalized spacial score (nSPS) is 10.9. The van der Waals surface area contributed by atoms with Crippen LogP contribution in [-0.4, -0.2) is 24.4 Å². The van der Waals surface area contributed by atoms with Gasteiger partial charge in [-0.3, -0.25) is 0 Å². The van der Waals surface area contributed by atoms with Crippen LogP contribution in [0, 0.1) is 13.8 Å². The lowest BCUT2D eigenvalue weighted by atomic mass is 9.96. The maximum absolute atomic E-state index is 5.35.